The fraction of sp³-hybridized carbons (Fsp3) is 0.143. The molecule has 2 aromatic carbocycles. The van der Waals surface area contributed by atoms with Gasteiger partial charge in [-0.1, -0.05) is 41.9 Å². The highest BCUT2D eigenvalue weighted by molar-refractivity contribution is 6.32. The molecule has 3 nitrogen and oxygen atoms in total. The summed E-state index contributed by atoms with van der Waals surface area (Å²) < 4.78 is 10.8. The molecule has 0 bridgehead atoms. The van der Waals surface area contributed by atoms with Gasteiger partial charge in [0.05, 0.1) is 17.8 Å². The Kier molecular flexibility index (Phi) is 3.95. The van der Waals surface area contributed by atoms with Gasteiger partial charge >= 0.3 is 0 Å². The molecule has 0 saturated heterocycles. The molecule has 0 saturated carbocycles. The Morgan fingerprint density at radius 2 is 1.83 bits per heavy atom. The van der Waals surface area contributed by atoms with Crippen LogP contribution in [0.2, 0.25) is 5.02 Å². The topological polar surface area (TPSA) is 44.5 Å². The van der Waals surface area contributed by atoms with Crippen LogP contribution < -0.4 is 15.2 Å². The highest BCUT2D eigenvalue weighted by Crippen LogP contribution is 2.34. The van der Waals surface area contributed by atoms with Crippen LogP contribution in [0.4, 0.5) is 5.69 Å². The second-order valence-corrected chi connectivity index (χ2v) is 4.21. The highest BCUT2D eigenvalue weighted by Gasteiger charge is 2.08. The van der Waals surface area contributed by atoms with Crippen molar-refractivity contribution in [1.29, 1.82) is 0 Å². The van der Waals surface area contributed by atoms with Gasteiger partial charge in [0, 0.05) is 6.07 Å². The maximum absolute atomic E-state index is 5.96. The van der Waals surface area contributed by atoms with E-state index < -0.39 is 0 Å². The van der Waals surface area contributed by atoms with Crippen LogP contribution in [0.1, 0.15) is 5.56 Å². The number of rotatable bonds is 4. The molecule has 0 atom stereocenters. The third-order valence-corrected chi connectivity index (χ3v) is 2.82. The summed E-state index contributed by atoms with van der Waals surface area (Å²) in [5.41, 5.74) is 7.42. The van der Waals surface area contributed by atoms with Crippen LogP contribution in [0.25, 0.3) is 0 Å². The molecule has 4 heteroatoms. The molecule has 0 aliphatic heterocycles. The van der Waals surface area contributed by atoms with Crippen LogP contribution in [0.3, 0.4) is 0 Å². The Balaban J connectivity index is 2.14. The SMILES string of the molecule is COc1cc(OCc2ccccc2)c(N)cc1Cl. The lowest BCUT2D eigenvalue weighted by molar-refractivity contribution is 0.305. The molecule has 0 radical (unpaired) electrons. The van der Waals surface area contributed by atoms with Gasteiger partial charge in [0.1, 0.15) is 18.1 Å². The minimum absolute atomic E-state index is 0.454. The molecule has 0 spiro atoms. The van der Waals surface area contributed by atoms with Gasteiger partial charge in [0.2, 0.25) is 0 Å². The zero-order valence-corrected chi connectivity index (χ0v) is 10.8. The van der Waals surface area contributed by atoms with Crippen molar-refractivity contribution >= 4 is 17.3 Å². The minimum atomic E-state index is 0.454. The van der Waals surface area contributed by atoms with Gasteiger partial charge in [0.25, 0.3) is 0 Å². The quantitative estimate of drug-likeness (QED) is 0.859. The van der Waals surface area contributed by atoms with Crippen LogP contribution in [0.15, 0.2) is 42.5 Å². The van der Waals surface area contributed by atoms with Gasteiger partial charge in [-0.05, 0) is 11.6 Å². The summed E-state index contributed by atoms with van der Waals surface area (Å²) in [5, 5.41) is 0.474. The largest absolute Gasteiger partial charge is 0.495 e. The monoisotopic (exact) mass is 263 g/mol. The molecule has 94 valence electrons. The van der Waals surface area contributed by atoms with Crippen LogP contribution in [0, 0.1) is 0 Å². The molecule has 18 heavy (non-hydrogen) atoms. The fourth-order valence-corrected chi connectivity index (χ4v) is 1.82. The maximum Gasteiger partial charge on any atom is 0.146 e. The van der Waals surface area contributed by atoms with E-state index in [2.05, 4.69) is 0 Å². The Labute approximate surface area is 111 Å². The van der Waals surface area contributed by atoms with Gasteiger partial charge < -0.3 is 15.2 Å². The predicted octanol–water partition coefficient (Wildman–Crippen LogP) is 3.51. The third kappa shape index (κ3) is 2.87. The first kappa shape index (κ1) is 12.6. The average molecular weight is 264 g/mol. The van der Waals surface area contributed by atoms with E-state index in [1.165, 1.54) is 0 Å². The maximum atomic E-state index is 5.96. The Morgan fingerprint density at radius 1 is 1.11 bits per heavy atom. The van der Waals surface area contributed by atoms with Crippen LogP contribution in [-0.2, 0) is 6.61 Å². The van der Waals surface area contributed by atoms with Crippen molar-refractivity contribution in [3.8, 4) is 11.5 Å². The molecule has 2 aromatic rings. The Morgan fingerprint density at radius 3 is 2.50 bits per heavy atom. The molecule has 0 unspecified atom stereocenters. The summed E-state index contributed by atoms with van der Waals surface area (Å²) in [4.78, 5) is 0. The smallest absolute Gasteiger partial charge is 0.146 e. The van der Waals surface area contributed by atoms with Crippen molar-refractivity contribution in [2.75, 3.05) is 12.8 Å². The van der Waals surface area contributed by atoms with E-state index in [4.69, 9.17) is 26.8 Å². The predicted molar refractivity (Wildman–Crippen MR) is 73.2 cm³/mol. The van der Waals surface area contributed by atoms with Crippen molar-refractivity contribution in [3.05, 3.63) is 53.1 Å². The number of anilines is 1. The highest BCUT2D eigenvalue weighted by atomic mass is 35.5. The summed E-state index contributed by atoms with van der Waals surface area (Å²) in [6.45, 7) is 0.454. The molecule has 0 amide bonds. The van der Waals surface area contributed by atoms with Gasteiger partial charge in [-0.15, -0.1) is 0 Å². The van der Waals surface area contributed by atoms with E-state index in [1.54, 1.807) is 19.2 Å². The van der Waals surface area contributed by atoms with Crippen LogP contribution in [-0.4, -0.2) is 7.11 Å². The molecule has 0 aliphatic carbocycles. The summed E-state index contributed by atoms with van der Waals surface area (Å²) in [6.07, 6.45) is 0. The lowest BCUT2D eigenvalue weighted by Crippen LogP contribution is -1.99. The number of nitrogen functional groups attached to an aromatic ring is 1. The van der Waals surface area contributed by atoms with Gasteiger partial charge in [-0.2, -0.15) is 0 Å². The fourth-order valence-electron chi connectivity index (χ4n) is 1.57. The molecule has 0 fully saturated rings. The lowest BCUT2D eigenvalue weighted by Gasteiger charge is -2.11. The third-order valence-electron chi connectivity index (χ3n) is 2.52. The molecule has 0 aliphatic rings. The van der Waals surface area contributed by atoms with Crippen molar-refractivity contribution in [3.63, 3.8) is 0 Å². The van der Waals surface area contributed by atoms with E-state index in [1.807, 2.05) is 30.3 Å². The molecule has 2 N–H and O–H groups in total. The number of benzene rings is 2. The Hall–Kier alpha value is -1.87. The average Bonchev–Trinajstić information content (AvgIpc) is 2.39. The van der Waals surface area contributed by atoms with E-state index in [0.29, 0.717) is 28.8 Å². The normalized spacial score (nSPS) is 10.1. The van der Waals surface area contributed by atoms with Crippen LogP contribution in [0.5, 0.6) is 11.5 Å². The molecule has 2 rings (SSSR count). The zero-order valence-electron chi connectivity index (χ0n) is 10.0. The second-order valence-electron chi connectivity index (χ2n) is 3.80. The first-order valence-electron chi connectivity index (χ1n) is 5.50. The number of methoxy groups -OCH3 is 1. The van der Waals surface area contributed by atoms with E-state index in [-0.39, 0.29) is 0 Å². The summed E-state index contributed by atoms with van der Waals surface area (Å²) in [7, 11) is 1.55. The second kappa shape index (κ2) is 5.65. The Bertz CT molecular complexity index is 529. The van der Waals surface area contributed by atoms with E-state index >= 15 is 0 Å². The molecular formula is C14H14ClNO2. The number of hydrogen-bond acceptors (Lipinski definition) is 3. The lowest BCUT2D eigenvalue weighted by atomic mass is 10.2. The summed E-state index contributed by atoms with van der Waals surface area (Å²) in [5.74, 6) is 1.12. The summed E-state index contributed by atoms with van der Waals surface area (Å²) in [6, 6.07) is 13.2. The minimum Gasteiger partial charge on any atom is -0.495 e. The molecular weight excluding hydrogens is 250 g/mol. The standard InChI is InChI=1S/C14H14ClNO2/c1-17-13-8-14(12(16)7-11(13)15)18-9-10-5-3-2-4-6-10/h2-8H,9,16H2,1H3. The number of nitrogens with two attached hydrogens (primary N) is 1. The number of hydrogen-bond donors (Lipinski definition) is 1. The van der Waals surface area contributed by atoms with Crippen LogP contribution >= 0.6 is 11.6 Å². The van der Waals surface area contributed by atoms with Crippen molar-refractivity contribution in [2.45, 2.75) is 6.61 Å². The zero-order chi connectivity index (χ0) is 13.0. The first-order chi connectivity index (χ1) is 8.70. The number of ether oxygens (including phenoxy) is 2. The van der Waals surface area contributed by atoms with E-state index in [9.17, 15) is 0 Å². The molecule has 0 aromatic heterocycles. The van der Waals surface area contributed by atoms with Crippen molar-refractivity contribution < 1.29 is 9.47 Å². The van der Waals surface area contributed by atoms with Gasteiger partial charge in [0.15, 0.2) is 0 Å². The van der Waals surface area contributed by atoms with E-state index in [0.717, 1.165) is 5.56 Å². The van der Waals surface area contributed by atoms with Crippen molar-refractivity contribution in [2.24, 2.45) is 0 Å². The van der Waals surface area contributed by atoms with Gasteiger partial charge in [-0.3, -0.25) is 0 Å². The van der Waals surface area contributed by atoms with Gasteiger partial charge in [-0.25, -0.2) is 0 Å². The summed E-state index contributed by atoms with van der Waals surface area (Å²) >= 11 is 5.96. The van der Waals surface area contributed by atoms with Crippen molar-refractivity contribution in [1.82, 2.24) is 0 Å². The number of halogens is 1. The first-order valence-corrected chi connectivity index (χ1v) is 5.88. The molecule has 0 heterocycles.